The quantitative estimate of drug-likeness (QED) is 0.413. The third kappa shape index (κ3) is 4.25. The van der Waals surface area contributed by atoms with Crippen molar-refractivity contribution >= 4 is 5.78 Å². The van der Waals surface area contributed by atoms with Crippen molar-refractivity contribution in [3.05, 3.63) is 66.1 Å². The van der Waals surface area contributed by atoms with Crippen molar-refractivity contribution in [3.8, 4) is 28.1 Å². The standard InChI is InChI=1S/C23H23F2N5O/c1-15-20(21-18(24)12-17(13-19(21)25)31-11-7-10-29(2)3)22(16-8-5-4-6-9-16)30-23(28-15)26-14-27-30/h4-6,8-9,12-14H,7,10-11H2,1-3H3. The topological polar surface area (TPSA) is 55.6 Å². The lowest BCUT2D eigenvalue weighted by Crippen LogP contribution is -2.15. The summed E-state index contributed by atoms with van der Waals surface area (Å²) >= 11 is 0. The number of nitrogens with zero attached hydrogens (tertiary/aromatic N) is 5. The maximum Gasteiger partial charge on any atom is 0.252 e. The third-order valence-electron chi connectivity index (χ3n) is 4.94. The Bertz CT molecular complexity index is 1180. The summed E-state index contributed by atoms with van der Waals surface area (Å²) in [5.41, 5.74) is 1.90. The number of hydrogen-bond donors (Lipinski definition) is 0. The van der Waals surface area contributed by atoms with Gasteiger partial charge >= 0.3 is 0 Å². The molecule has 0 N–H and O–H groups in total. The highest BCUT2D eigenvalue weighted by Gasteiger charge is 2.24. The van der Waals surface area contributed by atoms with Gasteiger partial charge in [-0.2, -0.15) is 14.6 Å². The first-order chi connectivity index (χ1) is 15.0. The SMILES string of the molecule is Cc1nc2ncnn2c(-c2ccccc2)c1-c1c(F)cc(OCCCN(C)C)cc1F. The van der Waals surface area contributed by atoms with E-state index in [1.807, 2.05) is 49.3 Å². The maximum absolute atomic E-state index is 15.2. The highest BCUT2D eigenvalue weighted by Crippen LogP contribution is 2.38. The largest absolute Gasteiger partial charge is 0.493 e. The normalized spacial score (nSPS) is 11.4. The van der Waals surface area contributed by atoms with Gasteiger partial charge in [-0.3, -0.25) is 0 Å². The van der Waals surface area contributed by atoms with E-state index < -0.39 is 11.6 Å². The smallest absolute Gasteiger partial charge is 0.252 e. The summed E-state index contributed by atoms with van der Waals surface area (Å²) in [4.78, 5) is 10.6. The average Bonchev–Trinajstić information content (AvgIpc) is 3.19. The van der Waals surface area contributed by atoms with Gasteiger partial charge in [-0.15, -0.1) is 0 Å². The van der Waals surface area contributed by atoms with E-state index in [9.17, 15) is 0 Å². The molecule has 2 aromatic carbocycles. The number of benzene rings is 2. The Hall–Kier alpha value is -3.39. The van der Waals surface area contributed by atoms with Crippen LogP contribution in [0, 0.1) is 18.6 Å². The van der Waals surface area contributed by atoms with Crippen molar-refractivity contribution in [1.29, 1.82) is 0 Å². The van der Waals surface area contributed by atoms with Gasteiger partial charge in [-0.05, 0) is 27.4 Å². The van der Waals surface area contributed by atoms with E-state index in [4.69, 9.17) is 4.74 Å². The van der Waals surface area contributed by atoms with Crippen LogP contribution in [0.3, 0.4) is 0 Å². The second kappa shape index (κ2) is 8.77. The van der Waals surface area contributed by atoms with Gasteiger partial charge in [-0.25, -0.2) is 13.8 Å². The molecule has 0 unspecified atom stereocenters. The van der Waals surface area contributed by atoms with Gasteiger partial charge in [0.05, 0.1) is 23.6 Å². The Balaban J connectivity index is 1.81. The third-order valence-corrected chi connectivity index (χ3v) is 4.94. The van der Waals surface area contributed by atoms with E-state index in [2.05, 4.69) is 15.1 Å². The predicted octanol–water partition coefficient (Wildman–Crippen LogP) is 4.38. The van der Waals surface area contributed by atoms with Crippen LogP contribution >= 0.6 is 0 Å². The first-order valence-corrected chi connectivity index (χ1v) is 9.98. The molecule has 0 aliphatic rings. The van der Waals surface area contributed by atoms with E-state index >= 15 is 8.78 Å². The molecule has 2 heterocycles. The molecule has 4 rings (SSSR count). The fourth-order valence-electron chi connectivity index (χ4n) is 3.56. The zero-order chi connectivity index (χ0) is 22.0. The summed E-state index contributed by atoms with van der Waals surface area (Å²) in [6.45, 7) is 2.91. The Kier molecular flexibility index (Phi) is 5.90. The first kappa shape index (κ1) is 20.9. The van der Waals surface area contributed by atoms with Crippen molar-refractivity contribution in [1.82, 2.24) is 24.5 Å². The van der Waals surface area contributed by atoms with Gasteiger partial charge in [0.25, 0.3) is 5.78 Å². The second-order valence-electron chi connectivity index (χ2n) is 7.53. The number of rotatable bonds is 7. The van der Waals surface area contributed by atoms with E-state index in [0.717, 1.165) is 18.5 Å². The molecule has 0 bridgehead atoms. The monoisotopic (exact) mass is 423 g/mol. The average molecular weight is 423 g/mol. The van der Waals surface area contributed by atoms with Crippen molar-refractivity contribution in [2.24, 2.45) is 0 Å². The van der Waals surface area contributed by atoms with Crippen LogP contribution < -0.4 is 4.74 Å². The summed E-state index contributed by atoms with van der Waals surface area (Å²) in [7, 11) is 3.92. The summed E-state index contributed by atoms with van der Waals surface area (Å²) < 4.78 is 37.5. The lowest BCUT2D eigenvalue weighted by atomic mass is 9.96. The van der Waals surface area contributed by atoms with Crippen LogP contribution in [-0.4, -0.2) is 51.7 Å². The molecular formula is C23H23F2N5O. The molecular weight excluding hydrogens is 400 g/mol. The van der Waals surface area contributed by atoms with E-state index in [1.165, 1.54) is 23.0 Å². The summed E-state index contributed by atoms with van der Waals surface area (Å²) in [6, 6.07) is 11.7. The molecule has 2 aromatic heterocycles. The molecule has 0 saturated carbocycles. The van der Waals surface area contributed by atoms with E-state index in [0.29, 0.717) is 29.3 Å². The number of hydrogen-bond acceptors (Lipinski definition) is 5. The summed E-state index contributed by atoms with van der Waals surface area (Å²) in [5.74, 6) is -0.915. The minimum absolute atomic E-state index is 0.159. The lowest BCUT2D eigenvalue weighted by Gasteiger charge is -2.16. The number of ether oxygens (including phenoxy) is 1. The van der Waals surface area contributed by atoms with Crippen LogP contribution in [0.25, 0.3) is 28.2 Å². The van der Waals surface area contributed by atoms with Crippen LogP contribution in [0.1, 0.15) is 12.1 Å². The van der Waals surface area contributed by atoms with Gasteiger partial charge in [-0.1, -0.05) is 30.3 Å². The Morgan fingerprint density at radius 2 is 1.74 bits per heavy atom. The summed E-state index contributed by atoms with van der Waals surface area (Å²) in [5, 5.41) is 4.23. The molecule has 0 saturated heterocycles. The van der Waals surface area contributed by atoms with Gasteiger partial charge in [0, 0.05) is 29.8 Å². The van der Waals surface area contributed by atoms with E-state index in [1.54, 1.807) is 6.92 Å². The molecule has 4 aromatic rings. The molecule has 0 radical (unpaired) electrons. The number of halogens is 2. The fourth-order valence-corrected chi connectivity index (χ4v) is 3.56. The Labute approximate surface area is 179 Å². The zero-order valence-corrected chi connectivity index (χ0v) is 17.6. The minimum atomic E-state index is -0.718. The van der Waals surface area contributed by atoms with Crippen LogP contribution in [0.15, 0.2) is 48.8 Å². The van der Waals surface area contributed by atoms with Gasteiger partial charge < -0.3 is 9.64 Å². The lowest BCUT2D eigenvalue weighted by molar-refractivity contribution is 0.279. The van der Waals surface area contributed by atoms with Crippen molar-refractivity contribution in [2.75, 3.05) is 27.2 Å². The van der Waals surface area contributed by atoms with Gasteiger partial charge in [0.1, 0.15) is 23.7 Å². The highest BCUT2D eigenvalue weighted by molar-refractivity contribution is 5.84. The van der Waals surface area contributed by atoms with Crippen LogP contribution in [0.4, 0.5) is 8.78 Å². The van der Waals surface area contributed by atoms with Gasteiger partial charge in [0.2, 0.25) is 0 Å². The predicted molar refractivity (Wildman–Crippen MR) is 115 cm³/mol. The second-order valence-corrected chi connectivity index (χ2v) is 7.53. The van der Waals surface area contributed by atoms with Crippen LogP contribution in [-0.2, 0) is 0 Å². The number of aryl methyl sites for hydroxylation is 1. The molecule has 160 valence electrons. The van der Waals surface area contributed by atoms with Gasteiger partial charge in [0.15, 0.2) is 0 Å². The fraction of sp³-hybridized carbons (Fsp3) is 0.261. The first-order valence-electron chi connectivity index (χ1n) is 9.98. The molecule has 8 heteroatoms. The molecule has 0 atom stereocenters. The zero-order valence-electron chi connectivity index (χ0n) is 17.6. The molecule has 0 fully saturated rings. The number of fused-ring (bicyclic) bond motifs is 1. The minimum Gasteiger partial charge on any atom is -0.493 e. The number of aromatic nitrogens is 4. The van der Waals surface area contributed by atoms with Crippen LogP contribution in [0.2, 0.25) is 0 Å². The van der Waals surface area contributed by atoms with Crippen molar-refractivity contribution < 1.29 is 13.5 Å². The summed E-state index contributed by atoms with van der Waals surface area (Å²) in [6.07, 6.45) is 2.12. The maximum atomic E-state index is 15.2. The molecule has 0 amide bonds. The Morgan fingerprint density at radius 1 is 1.03 bits per heavy atom. The molecule has 31 heavy (non-hydrogen) atoms. The Morgan fingerprint density at radius 3 is 2.42 bits per heavy atom. The highest BCUT2D eigenvalue weighted by atomic mass is 19.1. The molecule has 0 spiro atoms. The van der Waals surface area contributed by atoms with E-state index in [-0.39, 0.29) is 11.3 Å². The molecule has 0 aliphatic heterocycles. The molecule has 0 aliphatic carbocycles. The molecule has 6 nitrogen and oxygen atoms in total. The van der Waals surface area contributed by atoms with Crippen molar-refractivity contribution in [3.63, 3.8) is 0 Å². The van der Waals surface area contributed by atoms with Crippen molar-refractivity contribution in [2.45, 2.75) is 13.3 Å². The van der Waals surface area contributed by atoms with Crippen LogP contribution in [0.5, 0.6) is 5.75 Å².